The zero-order valence-corrected chi connectivity index (χ0v) is 14.4. The molecule has 0 spiro atoms. The Morgan fingerprint density at radius 1 is 1.00 bits per heavy atom. The number of aryl methyl sites for hydroxylation is 1. The van der Waals surface area contributed by atoms with Crippen LogP contribution in [-0.2, 0) is 0 Å². The summed E-state index contributed by atoms with van der Waals surface area (Å²) < 4.78 is 0. The summed E-state index contributed by atoms with van der Waals surface area (Å²) in [6.45, 7) is 4.90. The number of unbranched alkanes of at least 4 members (excludes halogenated alkanes) is 9. The van der Waals surface area contributed by atoms with Crippen LogP contribution in [0.3, 0.4) is 0 Å². The highest BCUT2D eigenvalue weighted by Gasteiger charge is 2.07. The minimum absolute atomic E-state index is 0.00141. The summed E-state index contributed by atoms with van der Waals surface area (Å²) in [6, 6.07) is 3.64. The normalized spacial score (nSPS) is 10.6. The van der Waals surface area contributed by atoms with E-state index in [1.807, 2.05) is 19.1 Å². The summed E-state index contributed by atoms with van der Waals surface area (Å²) in [7, 11) is 0. The quantitative estimate of drug-likeness (QED) is 0.550. The molecule has 22 heavy (non-hydrogen) atoms. The van der Waals surface area contributed by atoms with Crippen molar-refractivity contribution in [2.45, 2.75) is 78.1 Å². The lowest BCUT2D eigenvalue weighted by molar-refractivity contribution is 0.0952. The van der Waals surface area contributed by atoms with Crippen molar-refractivity contribution >= 4 is 5.91 Å². The Morgan fingerprint density at radius 2 is 1.59 bits per heavy atom. The molecular weight excluding hydrogens is 272 g/mol. The lowest BCUT2D eigenvalue weighted by atomic mass is 10.1. The molecule has 3 nitrogen and oxygen atoms in total. The monoisotopic (exact) mass is 304 g/mol. The Balaban J connectivity index is 1.95. The summed E-state index contributed by atoms with van der Waals surface area (Å²) in [5.74, 6) is 0.00141. The summed E-state index contributed by atoms with van der Waals surface area (Å²) in [6.07, 6.45) is 14.9. The molecule has 3 heteroatoms. The molecule has 0 atom stereocenters. The van der Waals surface area contributed by atoms with Crippen LogP contribution in [0.4, 0.5) is 0 Å². The minimum Gasteiger partial charge on any atom is -0.352 e. The summed E-state index contributed by atoms with van der Waals surface area (Å²) >= 11 is 0. The SMILES string of the molecule is CCCCCCCCCCCCNC(=O)c1cccnc1C. The van der Waals surface area contributed by atoms with Crippen LogP contribution in [0.25, 0.3) is 0 Å². The van der Waals surface area contributed by atoms with Crippen LogP contribution in [0, 0.1) is 6.92 Å². The van der Waals surface area contributed by atoms with Crippen LogP contribution in [0.2, 0.25) is 0 Å². The molecule has 1 rings (SSSR count). The summed E-state index contributed by atoms with van der Waals surface area (Å²) in [5.41, 5.74) is 1.48. The number of carbonyl (C=O) groups is 1. The van der Waals surface area contributed by atoms with Gasteiger partial charge in [-0.3, -0.25) is 9.78 Å². The number of nitrogens with one attached hydrogen (secondary N) is 1. The number of rotatable bonds is 12. The molecule has 1 heterocycles. The number of carbonyl (C=O) groups excluding carboxylic acids is 1. The van der Waals surface area contributed by atoms with E-state index in [0.717, 1.165) is 18.7 Å². The van der Waals surface area contributed by atoms with E-state index in [4.69, 9.17) is 0 Å². The maximum Gasteiger partial charge on any atom is 0.253 e. The van der Waals surface area contributed by atoms with Crippen LogP contribution >= 0.6 is 0 Å². The van der Waals surface area contributed by atoms with E-state index in [1.165, 1.54) is 57.8 Å². The van der Waals surface area contributed by atoms with Crippen LogP contribution in [0.1, 0.15) is 87.2 Å². The van der Waals surface area contributed by atoms with Gasteiger partial charge >= 0.3 is 0 Å². The second-order valence-corrected chi connectivity index (χ2v) is 6.07. The molecule has 0 bridgehead atoms. The van der Waals surface area contributed by atoms with Crippen molar-refractivity contribution in [1.82, 2.24) is 10.3 Å². The first-order valence-electron chi connectivity index (χ1n) is 8.95. The van der Waals surface area contributed by atoms with Crippen molar-refractivity contribution in [3.8, 4) is 0 Å². The van der Waals surface area contributed by atoms with Crippen molar-refractivity contribution in [3.63, 3.8) is 0 Å². The summed E-state index contributed by atoms with van der Waals surface area (Å²) in [4.78, 5) is 16.1. The van der Waals surface area contributed by atoms with Gasteiger partial charge in [0.2, 0.25) is 0 Å². The molecule has 0 aliphatic rings. The van der Waals surface area contributed by atoms with Gasteiger partial charge in [0.05, 0.1) is 5.56 Å². The van der Waals surface area contributed by atoms with Crippen molar-refractivity contribution in [1.29, 1.82) is 0 Å². The van der Waals surface area contributed by atoms with Gasteiger partial charge in [-0.1, -0.05) is 64.7 Å². The van der Waals surface area contributed by atoms with Crippen molar-refractivity contribution in [2.24, 2.45) is 0 Å². The second kappa shape index (κ2) is 12.2. The molecular formula is C19H32N2O. The van der Waals surface area contributed by atoms with Gasteiger partial charge in [0.15, 0.2) is 0 Å². The molecule has 0 saturated carbocycles. The van der Waals surface area contributed by atoms with E-state index < -0.39 is 0 Å². The molecule has 0 saturated heterocycles. The highest BCUT2D eigenvalue weighted by Crippen LogP contribution is 2.10. The first-order chi connectivity index (χ1) is 10.8. The minimum atomic E-state index is 0.00141. The average molecular weight is 304 g/mol. The van der Waals surface area contributed by atoms with Gasteiger partial charge in [0.1, 0.15) is 0 Å². The predicted molar refractivity (Wildman–Crippen MR) is 93.2 cm³/mol. The number of amides is 1. The van der Waals surface area contributed by atoms with Crippen molar-refractivity contribution in [3.05, 3.63) is 29.6 Å². The van der Waals surface area contributed by atoms with Gasteiger partial charge in [-0.15, -0.1) is 0 Å². The Bertz CT molecular complexity index is 418. The van der Waals surface area contributed by atoms with E-state index in [9.17, 15) is 4.79 Å². The maximum atomic E-state index is 12.0. The fourth-order valence-corrected chi connectivity index (χ4v) is 2.63. The first kappa shape index (κ1) is 18.7. The standard InChI is InChI=1S/C19H32N2O/c1-3-4-5-6-7-8-9-10-11-12-15-21-19(22)18-14-13-16-20-17(18)2/h13-14,16H,3-12,15H2,1-2H3,(H,21,22). The van der Waals surface area contributed by atoms with Crippen LogP contribution in [0.5, 0.6) is 0 Å². The summed E-state index contributed by atoms with van der Waals surface area (Å²) in [5, 5.41) is 2.99. The predicted octanol–water partition coefficient (Wildman–Crippen LogP) is 5.04. The maximum absolute atomic E-state index is 12.0. The van der Waals surface area contributed by atoms with E-state index in [0.29, 0.717) is 5.56 Å². The number of aromatic nitrogens is 1. The zero-order chi connectivity index (χ0) is 16.0. The largest absolute Gasteiger partial charge is 0.352 e. The number of hydrogen-bond acceptors (Lipinski definition) is 2. The Morgan fingerprint density at radius 3 is 2.18 bits per heavy atom. The third kappa shape index (κ3) is 8.16. The molecule has 0 aliphatic carbocycles. The smallest absolute Gasteiger partial charge is 0.253 e. The van der Waals surface area contributed by atoms with Crippen molar-refractivity contribution < 1.29 is 4.79 Å². The third-order valence-corrected chi connectivity index (χ3v) is 4.07. The molecule has 0 fully saturated rings. The van der Waals surface area contributed by atoms with Gasteiger partial charge in [-0.05, 0) is 25.5 Å². The molecule has 1 amide bonds. The first-order valence-corrected chi connectivity index (χ1v) is 8.95. The van der Waals surface area contributed by atoms with Gasteiger partial charge in [-0.25, -0.2) is 0 Å². The van der Waals surface area contributed by atoms with E-state index in [1.54, 1.807) is 6.20 Å². The van der Waals surface area contributed by atoms with Crippen LogP contribution in [0.15, 0.2) is 18.3 Å². The molecule has 0 aromatic carbocycles. The van der Waals surface area contributed by atoms with Gasteiger partial charge in [0.25, 0.3) is 5.91 Å². The molecule has 0 unspecified atom stereocenters. The molecule has 0 radical (unpaired) electrons. The van der Waals surface area contributed by atoms with Crippen LogP contribution < -0.4 is 5.32 Å². The molecule has 0 aliphatic heterocycles. The van der Waals surface area contributed by atoms with Gasteiger partial charge in [-0.2, -0.15) is 0 Å². The third-order valence-electron chi connectivity index (χ3n) is 4.07. The van der Waals surface area contributed by atoms with E-state index in [2.05, 4.69) is 17.2 Å². The number of nitrogens with zero attached hydrogens (tertiary/aromatic N) is 1. The Hall–Kier alpha value is -1.38. The van der Waals surface area contributed by atoms with E-state index in [-0.39, 0.29) is 5.91 Å². The van der Waals surface area contributed by atoms with E-state index >= 15 is 0 Å². The van der Waals surface area contributed by atoms with Crippen molar-refractivity contribution in [2.75, 3.05) is 6.54 Å². The molecule has 1 N–H and O–H groups in total. The fourth-order valence-electron chi connectivity index (χ4n) is 2.63. The molecule has 1 aromatic rings. The Labute approximate surface area is 135 Å². The molecule has 124 valence electrons. The van der Waals surface area contributed by atoms with Crippen LogP contribution in [-0.4, -0.2) is 17.4 Å². The highest BCUT2D eigenvalue weighted by molar-refractivity contribution is 5.95. The lowest BCUT2D eigenvalue weighted by Gasteiger charge is -2.07. The van der Waals surface area contributed by atoms with Gasteiger partial charge < -0.3 is 5.32 Å². The highest BCUT2D eigenvalue weighted by atomic mass is 16.1. The fraction of sp³-hybridized carbons (Fsp3) is 0.684. The topological polar surface area (TPSA) is 42.0 Å². The second-order valence-electron chi connectivity index (χ2n) is 6.07. The Kier molecular flexibility index (Phi) is 10.3. The lowest BCUT2D eigenvalue weighted by Crippen LogP contribution is -2.25. The zero-order valence-electron chi connectivity index (χ0n) is 14.4. The average Bonchev–Trinajstić information content (AvgIpc) is 2.53. The molecule has 1 aromatic heterocycles. The number of hydrogen-bond donors (Lipinski definition) is 1. The van der Waals surface area contributed by atoms with Gasteiger partial charge in [0, 0.05) is 18.4 Å². The number of pyridine rings is 1.